The number of benzene rings is 2. The number of urea groups is 1. The van der Waals surface area contributed by atoms with Gasteiger partial charge in [0, 0.05) is 28.3 Å². The van der Waals surface area contributed by atoms with Crippen LogP contribution in [0.1, 0.15) is 40.6 Å². The van der Waals surface area contributed by atoms with E-state index in [1.807, 2.05) is 32.0 Å². The van der Waals surface area contributed by atoms with E-state index in [2.05, 4.69) is 71.5 Å². The van der Waals surface area contributed by atoms with Gasteiger partial charge in [-0.25, -0.2) is 10.2 Å². The van der Waals surface area contributed by atoms with Crippen molar-refractivity contribution >= 4 is 17.9 Å². The Labute approximate surface area is 172 Å². The van der Waals surface area contributed by atoms with Crippen LogP contribution in [0.25, 0.3) is 5.69 Å². The van der Waals surface area contributed by atoms with Gasteiger partial charge >= 0.3 is 6.03 Å². The number of nitrogens with one attached hydrogen (secondary N) is 2. The highest BCUT2D eigenvalue weighted by molar-refractivity contribution is 5.91. The number of aromatic nitrogens is 1. The molecule has 3 aromatic rings. The second-order valence-corrected chi connectivity index (χ2v) is 7.29. The lowest BCUT2D eigenvalue weighted by molar-refractivity contribution is 0.252. The fraction of sp³-hybridized carbons (Fsp3) is 0.250. The maximum Gasteiger partial charge on any atom is 0.339 e. The predicted molar refractivity (Wildman–Crippen MR) is 120 cm³/mol. The summed E-state index contributed by atoms with van der Waals surface area (Å²) in [6, 6.07) is 16.0. The van der Waals surface area contributed by atoms with E-state index in [9.17, 15) is 4.79 Å². The molecule has 2 N–H and O–H groups in total. The summed E-state index contributed by atoms with van der Waals surface area (Å²) in [5.74, 6) is 0. The van der Waals surface area contributed by atoms with Crippen LogP contribution in [0.3, 0.4) is 0 Å². The first-order valence-electron chi connectivity index (χ1n) is 9.85. The summed E-state index contributed by atoms with van der Waals surface area (Å²) in [5, 5.41) is 6.96. The molecule has 1 aromatic heterocycles. The van der Waals surface area contributed by atoms with Crippen LogP contribution in [-0.4, -0.2) is 16.8 Å². The standard InChI is InChI=1S/C24H28N4O/c1-6-20-9-7-8-10-23(20)28-18(4)14-21(19(28)5)15-25-27-24(29)26-22-12-11-16(2)13-17(22)3/h7-15H,6H2,1-5H3,(H2,26,27,29)/b25-15+. The first-order chi connectivity index (χ1) is 13.9. The average molecular weight is 389 g/mol. The van der Waals surface area contributed by atoms with Crippen molar-refractivity contribution in [1.29, 1.82) is 0 Å². The number of aryl methyl sites for hydroxylation is 4. The highest BCUT2D eigenvalue weighted by Gasteiger charge is 2.12. The molecule has 0 spiro atoms. The maximum atomic E-state index is 12.2. The Balaban J connectivity index is 1.74. The minimum Gasteiger partial charge on any atom is -0.318 e. The van der Waals surface area contributed by atoms with Crippen LogP contribution in [0.5, 0.6) is 0 Å². The van der Waals surface area contributed by atoms with Gasteiger partial charge in [-0.1, -0.05) is 42.8 Å². The van der Waals surface area contributed by atoms with Crippen molar-refractivity contribution in [2.45, 2.75) is 41.0 Å². The van der Waals surface area contributed by atoms with Gasteiger partial charge in [-0.05, 0) is 63.4 Å². The summed E-state index contributed by atoms with van der Waals surface area (Å²) >= 11 is 0. The number of carbonyl (C=O) groups is 1. The van der Waals surface area contributed by atoms with E-state index >= 15 is 0 Å². The molecular formula is C24H28N4O. The number of nitrogens with zero attached hydrogens (tertiary/aromatic N) is 2. The molecule has 2 amide bonds. The number of amides is 2. The van der Waals surface area contributed by atoms with Gasteiger partial charge in [0.25, 0.3) is 0 Å². The van der Waals surface area contributed by atoms with Crippen molar-refractivity contribution < 1.29 is 4.79 Å². The molecule has 1 heterocycles. The second kappa shape index (κ2) is 8.78. The molecule has 0 atom stereocenters. The molecule has 3 rings (SSSR count). The van der Waals surface area contributed by atoms with Crippen molar-refractivity contribution in [3.05, 3.63) is 82.2 Å². The topological polar surface area (TPSA) is 58.4 Å². The van der Waals surface area contributed by atoms with Crippen LogP contribution in [-0.2, 0) is 6.42 Å². The van der Waals surface area contributed by atoms with Gasteiger partial charge in [-0.15, -0.1) is 0 Å². The second-order valence-electron chi connectivity index (χ2n) is 7.29. The van der Waals surface area contributed by atoms with E-state index in [4.69, 9.17) is 0 Å². The Kier molecular flexibility index (Phi) is 6.17. The van der Waals surface area contributed by atoms with Gasteiger partial charge < -0.3 is 9.88 Å². The van der Waals surface area contributed by atoms with Gasteiger partial charge in [-0.2, -0.15) is 5.10 Å². The zero-order valence-corrected chi connectivity index (χ0v) is 17.7. The third-order valence-electron chi connectivity index (χ3n) is 5.08. The first-order valence-corrected chi connectivity index (χ1v) is 9.85. The van der Waals surface area contributed by atoms with Crippen molar-refractivity contribution in [2.24, 2.45) is 5.10 Å². The lowest BCUT2D eigenvalue weighted by Crippen LogP contribution is -2.24. The number of hydrazone groups is 1. The van der Waals surface area contributed by atoms with Gasteiger partial charge in [-0.3, -0.25) is 0 Å². The SMILES string of the molecule is CCc1ccccc1-n1c(C)cc(/C=N/NC(=O)Nc2ccc(C)cc2C)c1C. The van der Waals surface area contributed by atoms with E-state index < -0.39 is 0 Å². The first kappa shape index (κ1) is 20.4. The molecule has 29 heavy (non-hydrogen) atoms. The Morgan fingerprint density at radius 1 is 1.07 bits per heavy atom. The Bertz CT molecular complexity index is 1060. The van der Waals surface area contributed by atoms with Gasteiger partial charge in [0.1, 0.15) is 0 Å². The Morgan fingerprint density at radius 3 is 2.55 bits per heavy atom. The van der Waals surface area contributed by atoms with Gasteiger partial charge in [0.2, 0.25) is 0 Å². The normalized spacial score (nSPS) is 11.1. The molecule has 0 aliphatic heterocycles. The van der Waals surface area contributed by atoms with Crippen LogP contribution < -0.4 is 10.7 Å². The van der Waals surface area contributed by atoms with Crippen LogP contribution >= 0.6 is 0 Å². The quantitative estimate of drug-likeness (QED) is 0.444. The van der Waals surface area contributed by atoms with Crippen molar-refractivity contribution in [3.8, 4) is 5.69 Å². The molecule has 0 radical (unpaired) electrons. The van der Waals surface area contributed by atoms with Crippen LogP contribution in [0, 0.1) is 27.7 Å². The lowest BCUT2D eigenvalue weighted by atomic mass is 10.1. The zero-order chi connectivity index (χ0) is 21.0. The zero-order valence-electron chi connectivity index (χ0n) is 17.7. The van der Waals surface area contributed by atoms with Crippen LogP contribution in [0.4, 0.5) is 10.5 Å². The number of hydrogen-bond acceptors (Lipinski definition) is 2. The van der Waals surface area contributed by atoms with Gasteiger partial charge in [0.15, 0.2) is 0 Å². The largest absolute Gasteiger partial charge is 0.339 e. The number of para-hydroxylation sites is 1. The van der Waals surface area contributed by atoms with Crippen molar-refractivity contribution in [2.75, 3.05) is 5.32 Å². The average Bonchev–Trinajstić information content (AvgIpc) is 2.97. The van der Waals surface area contributed by atoms with E-state index in [0.717, 1.165) is 40.2 Å². The van der Waals surface area contributed by atoms with E-state index in [0.29, 0.717) is 0 Å². The fourth-order valence-corrected chi connectivity index (χ4v) is 3.58. The maximum absolute atomic E-state index is 12.2. The molecule has 5 nitrogen and oxygen atoms in total. The summed E-state index contributed by atoms with van der Waals surface area (Å²) in [5.41, 5.74) is 11.2. The highest BCUT2D eigenvalue weighted by atomic mass is 16.2. The monoisotopic (exact) mass is 388 g/mol. The molecule has 0 fully saturated rings. The van der Waals surface area contributed by atoms with Gasteiger partial charge in [0.05, 0.1) is 6.21 Å². The predicted octanol–water partition coefficient (Wildman–Crippen LogP) is 5.43. The van der Waals surface area contributed by atoms with Crippen LogP contribution in [0.2, 0.25) is 0 Å². The molecule has 5 heteroatoms. The minimum atomic E-state index is -0.363. The third kappa shape index (κ3) is 4.57. The minimum absolute atomic E-state index is 0.363. The fourth-order valence-electron chi connectivity index (χ4n) is 3.58. The molecule has 0 aliphatic rings. The summed E-state index contributed by atoms with van der Waals surface area (Å²) in [4.78, 5) is 12.2. The smallest absolute Gasteiger partial charge is 0.318 e. The summed E-state index contributed by atoms with van der Waals surface area (Å²) < 4.78 is 2.23. The molecule has 0 aliphatic carbocycles. The Morgan fingerprint density at radius 2 is 1.83 bits per heavy atom. The molecule has 0 saturated carbocycles. The van der Waals surface area contributed by atoms with Crippen molar-refractivity contribution in [1.82, 2.24) is 9.99 Å². The van der Waals surface area contributed by atoms with Crippen LogP contribution in [0.15, 0.2) is 53.6 Å². The molecule has 0 saturated heterocycles. The molecule has 2 aromatic carbocycles. The summed E-state index contributed by atoms with van der Waals surface area (Å²) in [6.45, 7) is 10.3. The number of anilines is 1. The van der Waals surface area contributed by atoms with Crippen molar-refractivity contribution in [3.63, 3.8) is 0 Å². The molecular weight excluding hydrogens is 360 g/mol. The van der Waals surface area contributed by atoms with E-state index in [-0.39, 0.29) is 6.03 Å². The molecule has 0 bridgehead atoms. The summed E-state index contributed by atoms with van der Waals surface area (Å²) in [6.07, 6.45) is 2.66. The number of rotatable bonds is 5. The van der Waals surface area contributed by atoms with E-state index in [1.54, 1.807) is 6.21 Å². The van der Waals surface area contributed by atoms with E-state index in [1.165, 1.54) is 11.3 Å². The lowest BCUT2D eigenvalue weighted by Gasteiger charge is -2.13. The Hall–Kier alpha value is -3.34. The third-order valence-corrected chi connectivity index (χ3v) is 5.08. The molecule has 150 valence electrons. The number of carbonyl (C=O) groups excluding carboxylic acids is 1. The number of hydrogen-bond donors (Lipinski definition) is 2. The summed E-state index contributed by atoms with van der Waals surface area (Å²) in [7, 11) is 0. The molecule has 0 unspecified atom stereocenters. The highest BCUT2D eigenvalue weighted by Crippen LogP contribution is 2.23.